The molecule has 1 atom stereocenters. The van der Waals surface area contributed by atoms with Gasteiger partial charge in [-0.05, 0) is 18.4 Å². The Morgan fingerprint density at radius 2 is 2.32 bits per heavy atom. The van der Waals surface area contributed by atoms with Crippen molar-refractivity contribution in [2.24, 2.45) is 5.92 Å². The van der Waals surface area contributed by atoms with Crippen LogP contribution in [0.25, 0.3) is 0 Å². The molecule has 1 fully saturated rings. The van der Waals surface area contributed by atoms with Gasteiger partial charge in [0.25, 0.3) is 0 Å². The minimum atomic E-state index is -0.787. The zero-order valence-electron chi connectivity index (χ0n) is 10.4. The van der Waals surface area contributed by atoms with Gasteiger partial charge in [-0.2, -0.15) is 0 Å². The molecule has 0 aromatic carbocycles. The highest BCUT2D eigenvalue weighted by Crippen LogP contribution is 2.36. The van der Waals surface area contributed by atoms with Gasteiger partial charge in [0.05, 0.1) is 12.0 Å². The van der Waals surface area contributed by atoms with Gasteiger partial charge < -0.3 is 4.74 Å². The van der Waals surface area contributed by atoms with Crippen LogP contribution in [0.15, 0.2) is 23.1 Å². The van der Waals surface area contributed by atoms with E-state index >= 15 is 0 Å². The predicted octanol–water partition coefficient (Wildman–Crippen LogP) is 1.27. The van der Waals surface area contributed by atoms with Gasteiger partial charge >= 0.3 is 17.2 Å². The van der Waals surface area contributed by atoms with Gasteiger partial charge in [0.1, 0.15) is 6.04 Å². The molecule has 1 aliphatic carbocycles. The normalized spacial score (nSPS) is 15.8. The van der Waals surface area contributed by atoms with E-state index < -0.39 is 28.2 Å². The molecular weight excluding hydrogens is 252 g/mol. The van der Waals surface area contributed by atoms with Crippen LogP contribution in [-0.2, 0) is 9.53 Å². The van der Waals surface area contributed by atoms with E-state index in [-0.39, 0.29) is 0 Å². The van der Waals surface area contributed by atoms with Crippen molar-refractivity contribution >= 4 is 11.7 Å². The van der Waals surface area contributed by atoms with Crippen molar-refractivity contribution in [3.05, 3.63) is 38.8 Å². The molecule has 1 aliphatic rings. The summed E-state index contributed by atoms with van der Waals surface area (Å²) in [6, 6.07) is 1.73. The summed E-state index contributed by atoms with van der Waals surface area (Å²) >= 11 is 0. The van der Waals surface area contributed by atoms with E-state index in [1.54, 1.807) is 0 Å². The molecule has 2 rings (SSSR count). The van der Waals surface area contributed by atoms with Gasteiger partial charge in [-0.25, -0.2) is 4.79 Å². The van der Waals surface area contributed by atoms with Crippen LogP contribution in [0.4, 0.5) is 5.69 Å². The number of esters is 1. The largest absolute Gasteiger partial charge is 0.467 e. The van der Waals surface area contributed by atoms with Gasteiger partial charge in [0.2, 0.25) is 0 Å². The smallest absolute Gasteiger partial charge is 0.334 e. The molecule has 1 saturated carbocycles. The zero-order valence-corrected chi connectivity index (χ0v) is 10.4. The molecule has 0 aliphatic heterocycles. The van der Waals surface area contributed by atoms with E-state index in [0.717, 1.165) is 23.5 Å². The van der Waals surface area contributed by atoms with E-state index in [2.05, 4.69) is 4.74 Å². The van der Waals surface area contributed by atoms with Gasteiger partial charge in [0, 0.05) is 12.3 Å². The van der Waals surface area contributed by atoms with Crippen LogP contribution in [0.2, 0.25) is 0 Å². The summed E-state index contributed by atoms with van der Waals surface area (Å²) in [5, 5.41) is 10.7. The Bertz CT molecular complexity index is 561. The van der Waals surface area contributed by atoms with Gasteiger partial charge in [-0.3, -0.25) is 19.5 Å². The third-order valence-corrected chi connectivity index (χ3v) is 3.21. The number of rotatable bonds is 5. The summed E-state index contributed by atoms with van der Waals surface area (Å²) in [5.74, 6) is -0.162. The molecule has 7 nitrogen and oxygen atoms in total. The maximum absolute atomic E-state index is 12.0. The summed E-state index contributed by atoms with van der Waals surface area (Å²) in [4.78, 5) is 33.7. The summed E-state index contributed by atoms with van der Waals surface area (Å²) in [7, 11) is 1.24. The fourth-order valence-corrected chi connectivity index (χ4v) is 2.01. The first-order chi connectivity index (χ1) is 9.04. The molecule has 0 unspecified atom stereocenters. The standard InChI is InChI=1S/C12H14N2O5/c1-19-12(16)10(7-8-4-5-8)13-6-2-3-9(11(13)15)14(17)18/h2-3,6,8,10H,4-5,7H2,1H3/t10-/m0/s1. The lowest BCUT2D eigenvalue weighted by atomic mass is 10.1. The molecule has 102 valence electrons. The maximum atomic E-state index is 12.0. The van der Waals surface area contributed by atoms with Gasteiger partial charge in [0.15, 0.2) is 0 Å². The summed E-state index contributed by atoms with van der Waals surface area (Å²) in [5.41, 5.74) is -1.31. The quantitative estimate of drug-likeness (QED) is 0.454. The minimum Gasteiger partial charge on any atom is -0.467 e. The van der Waals surface area contributed by atoms with Crippen LogP contribution in [0, 0.1) is 16.0 Å². The number of carbonyl (C=O) groups is 1. The van der Waals surface area contributed by atoms with Gasteiger partial charge in [-0.15, -0.1) is 0 Å². The van der Waals surface area contributed by atoms with E-state index in [4.69, 9.17) is 0 Å². The Hall–Kier alpha value is -2.18. The van der Waals surface area contributed by atoms with Crippen molar-refractivity contribution in [3.8, 4) is 0 Å². The van der Waals surface area contributed by atoms with Crippen molar-refractivity contribution in [1.29, 1.82) is 0 Å². The second kappa shape index (κ2) is 5.21. The average molecular weight is 266 g/mol. The summed E-state index contributed by atoms with van der Waals surface area (Å²) in [6.45, 7) is 0. The van der Waals surface area contributed by atoms with Crippen LogP contribution >= 0.6 is 0 Å². The fourth-order valence-electron chi connectivity index (χ4n) is 2.01. The lowest BCUT2D eigenvalue weighted by molar-refractivity contribution is -0.386. The number of hydrogen-bond donors (Lipinski definition) is 0. The number of carbonyl (C=O) groups excluding carboxylic acids is 1. The predicted molar refractivity (Wildman–Crippen MR) is 65.8 cm³/mol. The number of nitrogens with zero attached hydrogens (tertiary/aromatic N) is 2. The highest BCUT2D eigenvalue weighted by atomic mass is 16.6. The molecule has 1 aromatic rings. The number of aromatic nitrogens is 1. The van der Waals surface area contributed by atoms with E-state index in [0.29, 0.717) is 12.3 Å². The van der Waals surface area contributed by atoms with E-state index in [1.165, 1.54) is 19.4 Å². The van der Waals surface area contributed by atoms with Crippen LogP contribution in [0.5, 0.6) is 0 Å². The lowest BCUT2D eigenvalue weighted by Gasteiger charge is -2.16. The lowest BCUT2D eigenvalue weighted by Crippen LogP contribution is -2.31. The van der Waals surface area contributed by atoms with Crippen LogP contribution in [-0.4, -0.2) is 22.6 Å². The highest BCUT2D eigenvalue weighted by molar-refractivity contribution is 5.74. The third kappa shape index (κ3) is 2.81. The Labute approximate surface area is 108 Å². The number of pyridine rings is 1. The molecule has 1 aromatic heterocycles. The molecule has 0 amide bonds. The maximum Gasteiger partial charge on any atom is 0.334 e. The summed E-state index contributed by atoms with van der Waals surface area (Å²) < 4.78 is 5.78. The van der Waals surface area contributed by atoms with Crippen molar-refractivity contribution in [2.75, 3.05) is 7.11 Å². The Balaban J connectivity index is 2.40. The molecule has 0 spiro atoms. The molecule has 1 heterocycles. The second-order valence-corrected chi connectivity index (χ2v) is 4.58. The first-order valence-corrected chi connectivity index (χ1v) is 5.98. The Morgan fingerprint density at radius 3 is 2.84 bits per heavy atom. The van der Waals surface area contributed by atoms with E-state index in [9.17, 15) is 19.7 Å². The Morgan fingerprint density at radius 1 is 1.63 bits per heavy atom. The SMILES string of the molecule is COC(=O)[C@H](CC1CC1)n1cccc([N+](=O)[O-])c1=O. The van der Waals surface area contributed by atoms with Crippen molar-refractivity contribution in [2.45, 2.75) is 25.3 Å². The van der Waals surface area contributed by atoms with Crippen LogP contribution in [0.3, 0.4) is 0 Å². The molecule has 0 N–H and O–H groups in total. The molecular formula is C12H14N2O5. The van der Waals surface area contributed by atoms with E-state index in [1.807, 2.05) is 0 Å². The van der Waals surface area contributed by atoms with Crippen LogP contribution in [0.1, 0.15) is 25.3 Å². The van der Waals surface area contributed by atoms with Crippen molar-refractivity contribution in [3.63, 3.8) is 0 Å². The number of hydrogen-bond acceptors (Lipinski definition) is 5. The first-order valence-electron chi connectivity index (χ1n) is 5.98. The molecule has 0 bridgehead atoms. The molecule has 7 heteroatoms. The molecule has 0 radical (unpaired) electrons. The first kappa shape index (κ1) is 13.3. The number of ether oxygens (including phenoxy) is 1. The fraction of sp³-hybridized carbons (Fsp3) is 0.500. The van der Waals surface area contributed by atoms with Gasteiger partial charge in [-0.1, -0.05) is 12.8 Å². The molecule has 0 saturated heterocycles. The Kier molecular flexibility index (Phi) is 3.64. The second-order valence-electron chi connectivity index (χ2n) is 4.58. The molecule has 19 heavy (non-hydrogen) atoms. The minimum absolute atomic E-state index is 0.385. The average Bonchev–Trinajstić information content (AvgIpc) is 3.19. The highest BCUT2D eigenvalue weighted by Gasteiger charge is 2.32. The van der Waals surface area contributed by atoms with Crippen LogP contribution < -0.4 is 5.56 Å². The van der Waals surface area contributed by atoms with Crippen molar-refractivity contribution in [1.82, 2.24) is 4.57 Å². The van der Waals surface area contributed by atoms with Crippen molar-refractivity contribution < 1.29 is 14.5 Å². The monoisotopic (exact) mass is 266 g/mol. The number of nitro groups is 1. The zero-order chi connectivity index (χ0) is 14.0. The third-order valence-electron chi connectivity index (χ3n) is 3.21. The number of methoxy groups -OCH3 is 1. The summed E-state index contributed by atoms with van der Waals surface area (Å²) in [6.07, 6.45) is 3.89. The topological polar surface area (TPSA) is 91.4 Å².